The van der Waals surface area contributed by atoms with Crippen molar-refractivity contribution in [2.45, 2.75) is 72.0 Å². The average Bonchev–Trinajstić information content (AvgIpc) is 2.23. The van der Waals surface area contributed by atoms with Crippen molar-refractivity contribution in [3.63, 3.8) is 0 Å². The highest BCUT2D eigenvalue weighted by molar-refractivity contribution is 5.67. The lowest BCUT2D eigenvalue weighted by atomic mass is 9.80. The fourth-order valence-electron chi connectivity index (χ4n) is 1.41. The van der Waals surface area contributed by atoms with Crippen LogP contribution in [0.1, 0.15) is 66.2 Å². The predicted molar refractivity (Wildman–Crippen MR) is 75.3 cm³/mol. The molecule has 0 aromatic rings. The Morgan fingerprint density at radius 3 is 1.40 bits per heavy atom. The molecule has 0 rings (SSSR count). The number of hydrogen-bond donors (Lipinski definition) is 4. The lowest BCUT2D eigenvalue weighted by molar-refractivity contribution is -0.220. The van der Waals surface area contributed by atoms with E-state index in [0.717, 1.165) is 12.8 Å². The number of carboxylic acid groups (broad SMARTS) is 2. The maximum absolute atomic E-state index is 9.90. The van der Waals surface area contributed by atoms with Crippen LogP contribution in [0.4, 0.5) is 0 Å². The third-order valence-electron chi connectivity index (χ3n) is 3.19. The predicted octanol–water partition coefficient (Wildman–Crippen LogP) is 2.23. The van der Waals surface area contributed by atoms with E-state index in [-0.39, 0.29) is 12.8 Å². The topological polar surface area (TPSA) is 115 Å². The summed E-state index contributed by atoms with van der Waals surface area (Å²) in [5.74, 6) is -3.29. The van der Waals surface area contributed by atoms with Crippen LogP contribution in [0.5, 0.6) is 0 Å². The molecular weight excluding hydrogens is 264 g/mol. The molecule has 6 nitrogen and oxygen atoms in total. The van der Waals surface area contributed by atoms with Crippen LogP contribution in [-0.2, 0) is 9.59 Å². The van der Waals surface area contributed by atoms with Gasteiger partial charge in [0.05, 0.1) is 0 Å². The van der Waals surface area contributed by atoms with Gasteiger partial charge >= 0.3 is 11.9 Å². The van der Waals surface area contributed by atoms with Crippen molar-refractivity contribution >= 4 is 11.9 Å². The number of unbranched alkanes of at least 4 members (excludes halogenated alkanes) is 1. The quantitative estimate of drug-likeness (QED) is 0.403. The third kappa shape index (κ3) is 11.9. The molecule has 4 N–H and O–H groups in total. The van der Waals surface area contributed by atoms with Gasteiger partial charge in [-0.1, -0.05) is 27.2 Å². The number of aliphatic carboxylic acids is 2. The fourth-order valence-corrected chi connectivity index (χ4v) is 1.41. The third-order valence-corrected chi connectivity index (χ3v) is 3.19. The Labute approximate surface area is 120 Å². The Morgan fingerprint density at radius 1 is 0.900 bits per heavy atom. The second kappa shape index (κ2) is 9.72. The standard InChI is InChI=1S/C8H18O2.C6H10O4/c1-5-6-7(2,3)8(4,9)10;7-5(8)3-1-2-4-6(9)10/h9-10H,5-6H2,1-4H3;1-4H2,(H,7,8)(H,9,10). The monoisotopic (exact) mass is 292 g/mol. The summed E-state index contributed by atoms with van der Waals surface area (Å²) in [7, 11) is 0. The van der Waals surface area contributed by atoms with Crippen LogP contribution in [0.25, 0.3) is 0 Å². The van der Waals surface area contributed by atoms with Crippen LogP contribution in [0.15, 0.2) is 0 Å². The minimum Gasteiger partial charge on any atom is -0.481 e. The van der Waals surface area contributed by atoms with Crippen LogP contribution in [-0.4, -0.2) is 38.2 Å². The Morgan fingerprint density at radius 2 is 1.25 bits per heavy atom. The molecule has 20 heavy (non-hydrogen) atoms. The Balaban J connectivity index is 0. The maximum atomic E-state index is 9.90. The first-order valence-corrected chi connectivity index (χ1v) is 6.82. The molecule has 6 heteroatoms. The van der Waals surface area contributed by atoms with Crippen molar-refractivity contribution in [3.8, 4) is 0 Å². The normalized spacial score (nSPS) is 11.5. The molecule has 0 bridgehead atoms. The molecule has 0 unspecified atom stereocenters. The summed E-state index contributed by atoms with van der Waals surface area (Å²) in [4.78, 5) is 19.8. The molecule has 0 aliphatic carbocycles. The van der Waals surface area contributed by atoms with Crippen molar-refractivity contribution in [1.82, 2.24) is 0 Å². The van der Waals surface area contributed by atoms with Crippen molar-refractivity contribution in [2.24, 2.45) is 5.41 Å². The van der Waals surface area contributed by atoms with Gasteiger partial charge in [0.15, 0.2) is 5.79 Å². The summed E-state index contributed by atoms with van der Waals surface area (Å²) in [5.41, 5.74) is -0.401. The first-order valence-electron chi connectivity index (χ1n) is 6.82. The summed E-state index contributed by atoms with van der Waals surface area (Å²) in [6, 6.07) is 0. The van der Waals surface area contributed by atoms with E-state index in [4.69, 9.17) is 10.2 Å². The lowest BCUT2D eigenvalue weighted by Gasteiger charge is -2.35. The minimum atomic E-state index is -1.55. The molecule has 0 aromatic carbocycles. The molecule has 0 aromatic heterocycles. The largest absolute Gasteiger partial charge is 0.481 e. The number of rotatable bonds is 8. The lowest BCUT2D eigenvalue weighted by Crippen LogP contribution is -2.41. The molecule has 0 aliphatic rings. The van der Waals surface area contributed by atoms with Crippen LogP contribution in [0.2, 0.25) is 0 Å². The molecule has 0 amide bonds. The van der Waals surface area contributed by atoms with E-state index in [9.17, 15) is 19.8 Å². The van der Waals surface area contributed by atoms with Crippen molar-refractivity contribution < 1.29 is 30.0 Å². The smallest absolute Gasteiger partial charge is 0.303 e. The van der Waals surface area contributed by atoms with E-state index >= 15 is 0 Å². The highest BCUT2D eigenvalue weighted by Crippen LogP contribution is 2.32. The van der Waals surface area contributed by atoms with Gasteiger partial charge in [-0.25, -0.2) is 0 Å². The van der Waals surface area contributed by atoms with E-state index in [2.05, 4.69) is 0 Å². The highest BCUT2D eigenvalue weighted by Gasteiger charge is 2.36. The molecule has 0 saturated carbocycles. The van der Waals surface area contributed by atoms with Crippen molar-refractivity contribution in [2.75, 3.05) is 0 Å². The molecule has 0 atom stereocenters. The van der Waals surface area contributed by atoms with Gasteiger partial charge in [-0.3, -0.25) is 9.59 Å². The van der Waals surface area contributed by atoms with Crippen molar-refractivity contribution in [3.05, 3.63) is 0 Å². The maximum Gasteiger partial charge on any atom is 0.303 e. The van der Waals surface area contributed by atoms with Gasteiger partial charge in [0, 0.05) is 18.3 Å². The molecular formula is C14H28O6. The number of hydrogen-bond acceptors (Lipinski definition) is 4. The number of carbonyl (C=O) groups is 2. The second-order valence-electron chi connectivity index (χ2n) is 5.65. The van der Waals surface area contributed by atoms with E-state index in [1.165, 1.54) is 6.92 Å². The average molecular weight is 292 g/mol. The van der Waals surface area contributed by atoms with E-state index in [0.29, 0.717) is 12.8 Å². The van der Waals surface area contributed by atoms with Gasteiger partial charge in [0.25, 0.3) is 0 Å². The van der Waals surface area contributed by atoms with Crippen molar-refractivity contribution in [1.29, 1.82) is 0 Å². The summed E-state index contributed by atoms with van der Waals surface area (Å²) in [6.07, 6.45) is 2.82. The second-order valence-corrected chi connectivity index (χ2v) is 5.65. The van der Waals surface area contributed by atoms with Crippen LogP contribution < -0.4 is 0 Å². The Kier molecular flexibility index (Phi) is 10.3. The number of carboxylic acids is 2. The fraction of sp³-hybridized carbons (Fsp3) is 0.857. The molecule has 0 saturated heterocycles. The highest BCUT2D eigenvalue weighted by atomic mass is 16.5. The molecule has 0 heterocycles. The van der Waals surface area contributed by atoms with Gasteiger partial charge in [-0.05, 0) is 26.2 Å². The summed E-state index contributed by atoms with van der Waals surface area (Å²) in [6.45, 7) is 7.18. The Hall–Kier alpha value is -1.14. The van der Waals surface area contributed by atoms with Gasteiger partial charge in [0.2, 0.25) is 0 Å². The Bertz CT molecular complexity index is 275. The van der Waals surface area contributed by atoms with E-state index in [1.54, 1.807) is 0 Å². The summed E-state index contributed by atoms with van der Waals surface area (Å²) >= 11 is 0. The molecule has 0 spiro atoms. The van der Waals surface area contributed by atoms with Gasteiger partial charge in [-0.15, -0.1) is 0 Å². The molecule has 120 valence electrons. The van der Waals surface area contributed by atoms with Crippen LogP contribution >= 0.6 is 0 Å². The zero-order valence-electron chi connectivity index (χ0n) is 12.8. The van der Waals surface area contributed by atoms with Gasteiger partial charge in [-0.2, -0.15) is 0 Å². The van der Waals surface area contributed by atoms with Gasteiger partial charge < -0.3 is 20.4 Å². The van der Waals surface area contributed by atoms with Crippen LogP contribution in [0, 0.1) is 5.41 Å². The summed E-state index contributed by atoms with van der Waals surface area (Å²) in [5, 5.41) is 34.7. The van der Waals surface area contributed by atoms with E-state index < -0.39 is 23.1 Å². The van der Waals surface area contributed by atoms with Gasteiger partial charge in [0.1, 0.15) is 0 Å². The molecule has 0 radical (unpaired) electrons. The SMILES string of the molecule is CCCC(C)(C)C(C)(O)O.O=C(O)CCCCC(=O)O. The zero-order chi connectivity index (χ0) is 16.4. The zero-order valence-corrected chi connectivity index (χ0v) is 12.8. The first-order chi connectivity index (χ1) is 8.94. The summed E-state index contributed by atoms with van der Waals surface area (Å²) < 4.78 is 0. The first kappa shape index (κ1) is 21.2. The molecule has 0 fully saturated rings. The van der Waals surface area contributed by atoms with Crippen LogP contribution in [0.3, 0.4) is 0 Å². The minimum absolute atomic E-state index is 0.0628. The van der Waals surface area contributed by atoms with E-state index in [1.807, 2.05) is 20.8 Å². The molecule has 0 aliphatic heterocycles. The number of aliphatic hydroxyl groups is 2.